The maximum Gasteiger partial charge on any atom is 0.257 e. The Bertz CT molecular complexity index is 930. The molecule has 26 heavy (non-hydrogen) atoms. The lowest BCUT2D eigenvalue weighted by molar-refractivity contribution is 0.102. The van der Waals surface area contributed by atoms with Gasteiger partial charge in [-0.2, -0.15) is 0 Å². The number of hydrogen-bond donors (Lipinski definition) is 2. The molecular weight excluding hydrogens is 373 g/mol. The largest absolute Gasteiger partial charge is 0.495 e. The first-order valence-corrected chi connectivity index (χ1v) is 8.45. The molecular formula is C19H15Cl2N3O2. The predicted octanol–water partition coefficient (Wildman–Crippen LogP) is 5.39. The summed E-state index contributed by atoms with van der Waals surface area (Å²) in [7, 11) is 1.56. The fourth-order valence-electron chi connectivity index (χ4n) is 2.25. The molecule has 2 N–H and O–H groups in total. The summed E-state index contributed by atoms with van der Waals surface area (Å²) >= 11 is 12.1. The summed E-state index contributed by atoms with van der Waals surface area (Å²) in [6.45, 7) is 0. The van der Waals surface area contributed by atoms with Gasteiger partial charge in [-0.25, -0.2) is 4.98 Å². The van der Waals surface area contributed by atoms with E-state index in [4.69, 9.17) is 27.9 Å². The number of nitrogens with zero attached hydrogens (tertiary/aromatic N) is 1. The van der Waals surface area contributed by atoms with Crippen molar-refractivity contribution in [1.82, 2.24) is 4.98 Å². The quantitative estimate of drug-likeness (QED) is 0.615. The number of para-hydroxylation sites is 1. The van der Waals surface area contributed by atoms with Gasteiger partial charge in [0.05, 0.1) is 28.4 Å². The Balaban J connectivity index is 1.69. The number of nitrogens with one attached hydrogen (secondary N) is 2. The first-order chi connectivity index (χ1) is 12.6. The highest BCUT2D eigenvalue weighted by Crippen LogP contribution is 2.28. The molecule has 7 heteroatoms. The first-order valence-electron chi connectivity index (χ1n) is 7.69. The van der Waals surface area contributed by atoms with Gasteiger partial charge in [0.15, 0.2) is 0 Å². The van der Waals surface area contributed by atoms with Gasteiger partial charge in [-0.15, -0.1) is 0 Å². The Kier molecular flexibility index (Phi) is 5.61. The highest BCUT2D eigenvalue weighted by Gasteiger charge is 2.09. The minimum absolute atomic E-state index is 0.287. The second-order valence-corrected chi connectivity index (χ2v) is 6.15. The standard InChI is InChI=1S/C19H15Cl2N3O2/c1-26-17-8-7-13(10-15(17)21)23-18-9-6-12(11-22-18)19(25)24-16-5-3-2-4-14(16)20/h2-11H,1H3,(H,22,23)(H,24,25). The fourth-order valence-corrected chi connectivity index (χ4v) is 2.69. The average molecular weight is 388 g/mol. The minimum atomic E-state index is -0.287. The summed E-state index contributed by atoms with van der Waals surface area (Å²) in [6, 6.07) is 15.7. The molecule has 0 atom stereocenters. The molecule has 132 valence electrons. The summed E-state index contributed by atoms with van der Waals surface area (Å²) in [6.07, 6.45) is 1.49. The van der Waals surface area contributed by atoms with Crippen molar-refractivity contribution in [3.05, 3.63) is 76.4 Å². The molecule has 1 amide bonds. The highest BCUT2D eigenvalue weighted by molar-refractivity contribution is 6.34. The number of hydrogen-bond acceptors (Lipinski definition) is 4. The molecule has 3 rings (SSSR count). The van der Waals surface area contributed by atoms with Crippen molar-refractivity contribution in [3.63, 3.8) is 0 Å². The van der Waals surface area contributed by atoms with E-state index in [1.165, 1.54) is 6.20 Å². The number of rotatable bonds is 5. The van der Waals surface area contributed by atoms with Crippen LogP contribution in [0.4, 0.5) is 17.2 Å². The number of halogens is 2. The zero-order valence-corrected chi connectivity index (χ0v) is 15.3. The fraction of sp³-hybridized carbons (Fsp3) is 0.0526. The van der Waals surface area contributed by atoms with Gasteiger partial charge in [-0.05, 0) is 42.5 Å². The Labute approximate surface area is 160 Å². The van der Waals surface area contributed by atoms with Crippen LogP contribution in [-0.4, -0.2) is 18.0 Å². The van der Waals surface area contributed by atoms with Crippen molar-refractivity contribution in [2.45, 2.75) is 0 Å². The molecule has 2 aromatic carbocycles. The van der Waals surface area contributed by atoms with Crippen molar-refractivity contribution in [2.24, 2.45) is 0 Å². The predicted molar refractivity (Wildman–Crippen MR) is 105 cm³/mol. The topological polar surface area (TPSA) is 63.2 Å². The number of carbonyl (C=O) groups excluding carboxylic acids is 1. The lowest BCUT2D eigenvalue weighted by Crippen LogP contribution is -2.12. The monoisotopic (exact) mass is 387 g/mol. The van der Waals surface area contributed by atoms with Gasteiger partial charge >= 0.3 is 0 Å². The van der Waals surface area contributed by atoms with E-state index in [1.807, 2.05) is 6.07 Å². The smallest absolute Gasteiger partial charge is 0.257 e. The zero-order chi connectivity index (χ0) is 18.5. The maximum atomic E-state index is 12.3. The third-order valence-corrected chi connectivity index (χ3v) is 4.20. The molecule has 0 radical (unpaired) electrons. The second-order valence-electron chi connectivity index (χ2n) is 5.34. The van der Waals surface area contributed by atoms with E-state index in [1.54, 1.807) is 55.6 Å². The number of benzene rings is 2. The van der Waals surface area contributed by atoms with Crippen LogP contribution in [0, 0.1) is 0 Å². The summed E-state index contributed by atoms with van der Waals surface area (Å²) < 4.78 is 5.12. The average Bonchev–Trinajstić information content (AvgIpc) is 2.64. The number of amides is 1. The van der Waals surface area contributed by atoms with Gasteiger partial charge in [0, 0.05) is 11.9 Å². The number of carbonyl (C=O) groups is 1. The van der Waals surface area contributed by atoms with Crippen LogP contribution < -0.4 is 15.4 Å². The molecule has 3 aromatic rings. The summed E-state index contributed by atoms with van der Waals surface area (Å²) in [4.78, 5) is 16.5. The zero-order valence-electron chi connectivity index (χ0n) is 13.8. The number of aromatic nitrogens is 1. The molecule has 1 aromatic heterocycles. The van der Waals surface area contributed by atoms with Gasteiger partial charge in [0.1, 0.15) is 11.6 Å². The van der Waals surface area contributed by atoms with Crippen LogP contribution in [0.2, 0.25) is 10.0 Å². The van der Waals surface area contributed by atoms with Crippen LogP contribution >= 0.6 is 23.2 Å². The van der Waals surface area contributed by atoms with E-state index < -0.39 is 0 Å². The molecule has 5 nitrogen and oxygen atoms in total. The molecule has 0 fully saturated rings. The van der Waals surface area contributed by atoms with Crippen molar-refractivity contribution < 1.29 is 9.53 Å². The van der Waals surface area contributed by atoms with E-state index >= 15 is 0 Å². The van der Waals surface area contributed by atoms with Crippen LogP contribution in [0.1, 0.15) is 10.4 Å². The number of ether oxygens (including phenoxy) is 1. The van der Waals surface area contributed by atoms with Gasteiger partial charge in [-0.3, -0.25) is 4.79 Å². The van der Waals surface area contributed by atoms with E-state index in [0.717, 1.165) is 5.69 Å². The molecule has 0 aliphatic rings. The van der Waals surface area contributed by atoms with E-state index in [2.05, 4.69) is 15.6 Å². The van der Waals surface area contributed by atoms with E-state index in [-0.39, 0.29) is 5.91 Å². The van der Waals surface area contributed by atoms with E-state index in [9.17, 15) is 4.79 Å². The van der Waals surface area contributed by atoms with E-state index in [0.29, 0.717) is 32.9 Å². The van der Waals surface area contributed by atoms with Crippen LogP contribution in [0.25, 0.3) is 0 Å². The molecule has 0 bridgehead atoms. The van der Waals surface area contributed by atoms with Crippen molar-refractivity contribution in [3.8, 4) is 5.75 Å². The summed E-state index contributed by atoms with van der Waals surface area (Å²) in [5.74, 6) is 0.891. The van der Waals surface area contributed by atoms with Crippen LogP contribution in [0.5, 0.6) is 5.75 Å². The highest BCUT2D eigenvalue weighted by atomic mass is 35.5. The number of methoxy groups -OCH3 is 1. The van der Waals surface area contributed by atoms with Crippen molar-refractivity contribution in [2.75, 3.05) is 17.7 Å². The lowest BCUT2D eigenvalue weighted by atomic mass is 10.2. The van der Waals surface area contributed by atoms with Gasteiger partial charge in [0.25, 0.3) is 5.91 Å². The summed E-state index contributed by atoms with van der Waals surface area (Å²) in [5.41, 5.74) is 1.73. The van der Waals surface area contributed by atoms with Crippen LogP contribution in [0.3, 0.4) is 0 Å². The molecule has 0 saturated carbocycles. The minimum Gasteiger partial charge on any atom is -0.495 e. The third-order valence-electron chi connectivity index (χ3n) is 3.57. The Morgan fingerprint density at radius 3 is 2.50 bits per heavy atom. The Morgan fingerprint density at radius 1 is 1.04 bits per heavy atom. The SMILES string of the molecule is COc1ccc(Nc2ccc(C(=O)Nc3ccccc3Cl)cn2)cc1Cl. The number of anilines is 3. The Morgan fingerprint density at radius 2 is 1.85 bits per heavy atom. The first kappa shape index (κ1) is 18.0. The number of pyridine rings is 1. The van der Waals surface area contributed by atoms with Crippen LogP contribution in [-0.2, 0) is 0 Å². The maximum absolute atomic E-state index is 12.3. The van der Waals surface area contributed by atoms with Crippen LogP contribution in [0.15, 0.2) is 60.8 Å². The second kappa shape index (κ2) is 8.08. The third kappa shape index (κ3) is 4.25. The molecule has 0 unspecified atom stereocenters. The van der Waals surface area contributed by atoms with Crippen molar-refractivity contribution in [1.29, 1.82) is 0 Å². The lowest BCUT2D eigenvalue weighted by Gasteiger charge is -2.09. The molecule has 0 saturated heterocycles. The van der Waals surface area contributed by atoms with Crippen molar-refractivity contribution >= 4 is 46.3 Å². The van der Waals surface area contributed by atoms with Gasteiger partial charge in [0.2, 0.25) is 0 Å². The molecule has 0 spiro atoms. The van der Waals surface area contributed by atoms with Gasteiger partial charge < -0.3 is 15.4 Å². The summed E-state index contributed by atoms with van der Waals surface area (Å²) in [5, 5.41) is 6.84. The molecule has 0 aliphatic heterocycles. The normalized spacial score (nSPS) is 10.3. The van der Waals surface area contributed by atoms with Gasteiger partial charge in [-0.1, -0.05) is 35.3 Å². The molecule has 1 heterocycles. The Hall–Kier alpha value is -2.76. The molecule has 0 aliphatic carbocycles.